The number of carboxylic acid groups (broad SMARTS) is 2. The van der Waals surface area contributed by atoms with E-state index < -0.39 is 18.4 Å². The van der Waals surface area contributed by atoms with Crippen molar-refractivity contribution >= 4 is 11.9 Å². The Morgan fingerprint density at radius 3 is 2.00 bits per heavy atom. The Morgan fingerprint density at radius 2 is 1.89 bits per heavy atom. The Kier molecular flexibility index (Phi) is 2.44. The Morgan fingerprint density at radius 1 is 1.44 bits per heavy atom. The summed E-state index contributed by atoms with van der Waals surface area (Å²) < 4.78 is 0. The molecule has 2 N–H and O–H groups in total. The molecule has 0 aliphatic carbocycles. The summed E-state index contributed by atoms with van der Waals surface area (Å²) in [4.78, 5) is 19.7. The Bertz CT molecular complexity index is 163. The lowest BCUT2D eigenvalue weighted by Gasteiger charge is -1.91. The van der Waals surface area contributed by atoms with Crippen LogP contribution in [0, 0.1) is 0 Å². The minimum atomic E-state index is -1.27. The smallest absolute Gasteiger partial charge is 0.331 e. The van der Waals surface area contributed by atoms with Gasteiger partial charge in [-0.3, -0.25) is 4.79 Å². The van der Waals surface area contributed by atoms with Gasteiger partial charge in [-0.15, -0.1) is 0 Å². The minimum absolute atomic E-state index is 0. The minimum Gasteiger partial charge on any atom is -0.481 e. The number of aliphatic carboxylic acids is 2. The highest BCUT2D eigenvalue weighted by atomic mass is 16.4. The van der Waals surface area contributed by atoms with Gasteiger partial charge in [0.2, 0.25) is 0 Å². The fourth-order valence-electron chi connectivity index (χ4n) is 0.258. The van der Waals surface area contributed by atoms with Crippen LogP contribution < -0.4 is 0 Å². The summed E-state index contributed by atoms with van der Waals surface area (Å²) in [6.07, 6.45) is -0.505. The predicted molar refractivity (Wildman–Crippen MR) is 31.1 cm³/mol. The molecular weight excluding hydrogens is 124 g/mol. The van der Waals surface area contributed by atoms with Crippen molar-refractivity contribution in [3.05, 3.63) is 12.2 Å². The summed E-state index contributed by atoms with van der Waals surface area (Å²) in [6.45, 7) is 3.01. The normalized spacial score (nSPS) is 8.44. The lowest BCUT2D eigenvalue weighted by molar-refractivity contribution is -0.139. The van der Waals surface area contributed by atoms with Crippen LogP contribution in [0.3, 0.4) is 0 Å². The van der Waals surface area contributed by atoms with Gasteiger partial charge in [-0.05, 0) is 0 Å². The highest BCUT2D eigenvalue weighted by molar-refractivity contribution is 5.91. The van der Waals surface area contributed by atoms with Crippen molar-refractivity contribution < 1.29 is 21.2 Å². The van der Waals surface area contributed by atoms with E-state index >= 15 is 0 Å². The van der Waals surface area contributed by atoms with Gasteiger partial charge in [0, 0.05) is 7.00 Å². The first-order chi connectivity index (χ1) is 4.04. The van der Waals surface area contributed by atoms with Gasteiger partial charge in [-0.2, -0.15) is 0 Å². The van der Waals surface area contributed by atoms with Crippen LogP contribution in [0.2, 0.25) is 0 Å². The third-order valence-electron chi connectivity index (χ3n) is 0.667. The van der Waals surface area contributed by atoms with Gasteiger partial charge in [0.1, 0.15) is 0 Å². The monoisotopic (exact) mass is 132 g/mol. The number of carboxylic acids is 2. The maximum Gasteiger partial charge on any atom is 0.331 e. The van der Waals surface area contributed by atoms with Crippen molar-refractivity contribution in [2.45, 2.75) is 6.42 Å². The second kappa shape index (κ2) is 2.86. The molecule has 0 atom stereocenters. The summed E-state index contributed by atoms with van der Waals surface area (Å²) >= 11 is 0. The SMILES string of the molecule is C=C(CC(=O)O)C(=O)O.[HH]. The molecule has 9 heavy (non-hydrogen) atoms. The van der Waals surface area contributed by atoms with Gasteiger partial charge in [-0.25, -0.2) is 4.79 Å². The Balaban J connectivity index is 0. The van der Waals surface area contributed by atoms with Crippen LogP contribution in [0.1, 0.15) is 7.85 Å². The number of rotatable bonds is 3. The summed E-state index contributed by atoms with van der Waals surface area (Å²) in [5.41, 5.74) is -0.303. The van der Waals surface area contributed by atoms with Crippen LogP contribution in [0.25, 0.3) is 0 Å². The van der Waals surface area contributed by atoms with Crippen LogP contribution in [-0.2, 0) is 9.59 Å². The average molecular weight is 132 g/mol. The highest BCUT2D eigenvalue weighted by Crippen LogP contribution is 1.95. The molecule has 52 valence electrons. The van der Waals surface area contributed by atoms with Gasteiger partial charge in [-0.1, -0.05) is 6.58 Å². The molecule has 0 fully saturated rings. The van der Waals surface area contributed by atoms with Crippen LogP contribution in [0.15, 0.2) is 12.2 Å². The lowest BCUT2D eigenvalue weighted by atomic mass is 10.2. The molecule has 0 aliphatic rings. The number of carbonyl (C=O) groups is 2. The van der Waals surface area contributed by atoms with Crippen molar-refractivity contribution in [3.8, 4) is 0 Å². The first-order valence-corrected chi connectivity index (χ1v) is 2.17. The zero-order chi connectivity index (χ0) is 7.44. The molecule has 0 rings (SSSR count). The molecule has 0 radical (unpaired) electrons. The molecule has 0 amide bonds. The van der Waals surface area contributed by atoms with Gasteiger partial charge in [0.05, 0.1) is 6.42 Å². The van der Waals surface area contributed by atoms with Crippen LogP contribution in [0.5, 0.6) is 0 Å². The molecule has 0 aromatic rings. The molecule has 0 aromatic heterocycles. The lowest BCUT2D eigenvalue weighted by Crippen LogP contribution is -2.04. The van der Waals surface area contributed by atoms with Crippen LogP contribution >= 0.6 is 0 Å². The Hall–Kier alpha value is -1.32. The first-order valence-electron chi connectivity index (χ1n) is 2.17. The summed E-state index contributed by atoms with van der Waals surface area (Å²) in [6, 6.07) is 0. The standard InChI is InChI=1S/C5H6O4.H2/c1-3(5(8)9)2-4(6)7;/h1-2H2,(H,6,7)(H,8,9);1H. The van der Waals surface area contributed by atoms with E-state index in [-0.39, 0.29) is 7.00 Å². The van der Waals surface area contributed by atoms with Gasteiger partial charge < -0.3 is 10.2 Å². The highest BCUT2D eigenvalue weighted by Gasteiger charge is 2.07. The largest absolute Gasteiger partial charge is 0.481 e. The molecule has 0 bridgehead atoms. The number of hydrogen-bond acceptors (Lipinski definition) is 2. The maximum atomic E-state index is 9.87. The fourth-order valence-corrected chi connectivity index (χ4v) is 0.258. The molecule has 4 heteroatoms. The molecular formula is C5H8O4. The molecule has 0 saturated heterocycles. The van der Waals surface area contributed by atoms with Crippen molar-refractivity contribution in [2.24, 2.45) is 0 Å². The molecule has 0 saturated carbocycles. The van der Waals surface area contributed by atoms with E-state index in [0.717, 1.165) is 0 Å². The van der Waals surface area contributed by atoms with Crippen LogP contribution in [0.4, 0.5) is 0 Å². The van der Waals surface area contributed by atoms with E-state index in [1.54, 1.807) is 0 Å². The zero-order valence-corrected chi connectivity index (χ0v) is 4.63. The average Bonchev–Trinajstić information content (AvgIpc) is 1.63. The first kappa shape index (κ1) is 7.68. The quantitative estimate of drug-likeness (QED) is 0.543. The summed E-state index contributed by atoms with van der Waals surface area (Å²) in [5.74, 6) is -2.44. The van der Waals surface area contributed by atoms with E-state index in [2.05, 4.69) is 6.58 Å². The molecule has 4 nitrogen and oxygen atoms in total. The topological polar surface area (TPSA) is 74.6 Å². The van der Waals surface area contributed by atoms with Gasteiger partial charge in [0.15, 0.2) is 0 Å². The summed E-state index contributed by atoms with van der Waals surface area (Å²) in [5, 5.41) is 16.1. The van der Waals surface area contributed by atoms with E-state index in [4.69, 9.17) is 10.2 Å². The zero-order valence-electron chi connectivity index (χ0n) is 4.63. The van der Waals surface area contributed by atoms with Crippen molar-refractivity contribution in [3.63, 3.8) is 0 Å². The summed E-state index contributed by atoms with van der Waals surface area (Å²) in [7, 11) is 0. The molecule has 0 heterocycles. The van der Waals surface area contributed by atoms with E-state index in [9.17, 15) is 9.59 Å². The number of hydrogen-bond donors (Lipinski definition) is 2. The molecule has 0 unspecified atom stereocenters. The third-order valence-corrected chi connectivity index (χ3v) is 0.667. The van der Waals surface area contributed by atoms with Crippen molar-refractivity contribution in [2.75, 3.05) is 0 Å². The maximum absolute atomic E-state index is 9.87. The van der Waals surface area contributed by atoms with Gasteiger partial charge in [0.25, 0.3) is 0 Å². The van der Waals surface area contributed by atoms with Crippen molar-refractivity contribution in [1.29, 1.82) is 0 Å². The van der Waals surface area contributed by atoms with E-state index in [0.29, 0.717) is 0 Å². The van der Waals surface area contributed by atoms with Crippen molar-refractivity contribution in [1.82, 2.24) is 0 Å². The van der Waals surface area contributed by atoms with E-state index in [1.165, 1.54) is 0 Å². The predicted octanol–water partition coefficient (Wildman–Crippen LogP) is 0.348. The molecule has 0 aromatic carbocycles. The second-order valence-corrected chi connectivity index (χ2v) is 1.48. The Labute approximate surface area is 52.9 Å². The fraction of sp³-hybridized carbons (Fsp3) is 0.200. The van der Waals surface area contributed by atoms with Crippen LogP contribution in [-0.4, -0.2) is 22.2 Å². The second-order valence-electron chi connectivity index (χ2n) is 1.48. The van der Waals surface area contributed by atoms with Gasteiger partial charge >= 0.3 is 11.9 Å². The molecule has 0 spiro atoms. The van der Waals surface area contributed by atoms with E-state index in [1.807, 2.05) is 0 Å². The molecule has 0 aliphatic heterocycles. The third kappa shape index (κ3) is 3.28.